The number of fused-ring (bicyclic) bond motifs is 9. The molecule has 0 saturated heterocycles. The fraction of sp³-hybridized carbons (Fsp3) is 0. The summed E-state index contributed by atoms with van der Waals surface area (Å²) in [4.78, 5) is 0. The summed E-state index contributed by atoms with van der Waals surface area (Å²) in [6, 6.07) is 102. The number of hydrogen-bond donors (Lipinski definition) is 0. The Bertz CT molecular complexity index is 4130. The molecule has 0 bridgehead atoms. The topological polar surface area (TPSA) is 14.8 Å². The van der Waals surface area contributed by atoms with E-state index in [0.717, 1.165) is 28.1 Å². The summed E-state index contributed by atoms with van der Waals surface area (Å²) in [6.45, 7) is 0. The van der Waals surface area contributed by atoms with Crippen molar-refractivity contribution in [1.29, 1.82) is 0 Å². The molecule has 0 spiro atoms. The molecule has 3 nitrogen and oxygen atoms in total. The third-order valence-corrected chi connectivity index (χ3v) is 19.6. The van der Waals surface area contributed by atoms with Crippen molar-refractivity contribution in [3.63, 3.8) is 0 Å². The van der Waals surface area contributed by atoms with Crippen LogP contribution >= 0.6 is 0 Å². The Labute approximate surface area is 407 Å². The average molecular weight is 908 g/mol. The van der Waals surface area contributed by atoms with Crippen LogP contribution in [0.5, 0.6) is 0 Å². The van der Waals surface area contributed by atoms with Crippen LogP contribution in [0.25, 0.3) is 93.6 Å². The number of hydrogen-bond acceptors (Lipinski definition) is 0. The van der Waals surface area contributed by atoms with Gasteiger partial charge in [-0.05, 0) is 80.4 Å². The van der Waals surface area contributed by atoms with Gasteiger partial charge >= 0.3 is 0 Å². The molecule has 0 saturated carbocycles. The smallest absolute Gasteiger partial charge is 0.181 e. The predicted molar refractivity (Wildman–Crippen MR) is 299 cm³/mol. The Morgan fingerprint density at radius 1 is 0.257 bits per heavy atom. The van der Waals surface area contributed by atoms with Crippen LogP contribution < -0.4 is 20.7 Å². The zero-order valence-electron chi connectivity index (χ0n) is 38.3. The molecule has 0 aliphatic rings. The molecule has 0 atom stereocenters. The van der Waals surface area contributed by atoms with Crippen molar-refractivity contribution in [3.05, 3.63) is 273 Å². The molecular weight excluding hydrogens is 863 g/mol. The number of para-hydroxylation sites is 5. The van der Waals surface area contributed by atoms with E-state index < -0.39 is 8.07 Å². The lowest BCUT2D eigenvalue weighted by atomic mass is 10.1. The van der Waals surface area contributed by atoms with Gasteiger partial charge in [-0.25, -0.2) is 0 Å². The van der Waals surface area contributed by atoms with Crippen molar-refractivity contribution in [2.45, 2.75) is 0 Å². The van der Waals surface area contributed by atoms with Crippen molar-refractivity contribution in [3.8, 4) is 28.2 Å². The summed E-state index contributed by atoms with van der Waals surface area (Å²) in [5, 5.41) is 12.7. The van der Waals surface area contributed by atoms with E-state index in [9.17, 15) is 0 Å². The van der Waals surface area contributed by atoms with E-state index in [1.165, 1.54) is 86.3 Å². The van der Waals surface area contributed by atoms with Crippen molar-refractivity contribution >= 4 is 94.2 Å². The molecule has 0 unspecified atom stereocenters. The number of aromatic nitrogens is 3. The van der Waals surface area contributed by atoms with E-state index in [-0.39, 0.29) is 0 Å². The minimum atomic E-state index is -3.04. The lowest BCUT2D eigenvalue weighted by molar-refractivity contribution is 1.13. The zero-order valence-corrected chi connectivity index (χ0v) is 39.3. The fourth-order valence-corrected chi connectivity index (χ4v) is 16.9. The Morgan fingerprint density at radius 2 is 0.686 bits per heavy atom. The third-order valence-electron chi connectivity index (χ3n) is 14.8. The van der Waals surface area contributed by atoms with E-state index in [4.69, 9.17) is 0 Å². The summed E-state index contributed by atoms with van der Waals surface area (Å²) in [6.07, 6.45) is 0. The van der Waals surface area contributed by atoms with Gasteiger partial charge in [-0.15, -0.1) is 0 Å². The van der Waals surface area contributed by atoms with E-state index >= 15 is 0 Å². The van der Waals surface area contributed by atoms with Crippen LogP contribution in [-0.2, 0) is 0 Å². The van der Waals surface area contributed by atoms with Crippen LogP contribution in [0.15, 0.2) is 273 Å². The first-order valence-corrected chi connectivity index (χ1v) is 26.2. The first kappa shape index (κ1) is 40.1. The molecule has 3 heterocycles. The number of benzene rings is 11. The molecule has 0 aliphatic heterocycles. The second kappa shape index (κ2) is 16.1. The maximum atomic E-state index is 2.62. The monoisotopic (exact) mass is 907 g/mol. The van der Waals surface area contributed by atoms with Gasteiger partial charge in [-0.1, -0.05) is 224 Å². The van der Waals surface area contributed by atoms with Gasteiger partial charge in [0.1, 0.15) is 0 Å². The maximum absolute atomic E-state index is 3.04. The minimum Gasteiger partial charge on any atom is -0.309 e. The number of rotatable bonds is 8. The molecule has 14 aromatic rings. The molecule has 0 fully saturated rings. The van der Waals surface area contributed by atoms with Crippen LogP contribution in [0.1, 0.15) is 0 Å². The van der Waals surface area contributed by atoms with Crippen molar-refractivity contribution in [1.82, 2.24) is 13.7 Å². The second-order valence-corrected chi connectivity index (χ2v) is 22.1. The van der Waals surface area contributed by atoms with E-state index in [0.29, 0.717) is 0 Å². The Balaban J connectivity index is 1.17. The highest BCUT2D eigenvalue weighted by Gasteiger charge is 2.43. The van der Waals surface area contributed by atoms with Gasteiger partial charge in [-0.2, -0.15) is 0 Å². The van der Waals surface area contributed by atoms with Gasteiger partial charge in [0, 0.05) is 38.0 Å². The van der Waals surface area contributed by atoms with Crippen molar-refractivity contribution < 1.29 is 0 Å². The highest BCUT2D eigenvalue weighted by Crippen LogP contribution is 2.44. The average Bonchev–Trinajstić information content (AvgIpc) is 4.09. The molecule has 70 heavy (non-hydrogen) atoms. The summed E-state index contributed by atoms with van der Waals surface area (Å²) in [5.41, 5.74) is 12.8. The molecule has 0 amide bonds. The highest BCUT2D eigenvalue weighted by molar-refractivity contribution is 7.20. The van der Waals surface area contributed by atoms with Crippen molar-refractivity contribution in [2.75, 3.05) is 0 Å². The zero-order chi connectivity index (χ0) is 46.2. The van der Waals surface area contributed by atoms with Crippen LogP contribution in [0.4, 0.5) is 0 Å². The molecular formula is C66H45N3Si. The molecule has 11 aromatic carbocycles. The molecule has 0 N–H and O–H groups in total. The summed E-state index contributed by atoms with van der Waals surface area (Å²) < 4.78 is 7.65. The first-order chi connectivity index (χ1) is 34.8. The van der Waals surface area contributed by atoms with Crippen LogP contribution in [-0.4, -0.2) is 21.8 Å². The Kier molecular flexibility index (Phi) is 9.23. The first-order valence-electron chi connectivity index (χ1n) is 24.2. The van der Waals surface area contributed by atoms with E-state index in [2.05, 4.69) is 287 Å². The minimum absolute atomic E-state index is 1.11. The maximum Gasteiger partial charge on any atom is 0.181 e. The molecule has 4 heteroatoms. The van der Waals surface area contributed by atoms with Crippen molar-refractivity contribution in [2.24, 2.45) is 0 Å². The molecule has 0 aliphatic carbocycles. The highest BCUT2D eigenvalue weighted by atomic mass is 28.3. The largest absolute Gasteiger partial charge is 0.309 e. The Morgan fingerprint density at radius 3 is 1.30 bits per heavy atom. The van der Waals surface area contributed by atoms with Gasteiger partial charge in [0.25, 0.3) is 0 Å². The summed E-state index contributed by atoms with van der Waals surface area (Å²) >= 11 is 0. The fourth-order valence-electron chi connectivity index (χ4n) is 12.0. The lowest BCUT2D eigenvalue weighted by Crippen LogP contribution is -2.75. The quantitative estimate of drug-likeness (QED) is 0.107. The van der Waals surface area contributed by atoms with E-state index in [1.54, 1.807) is 0 Å². The molecule has 3 aromatic heterocycles. The second-order valence-electron chi connectivity index (χ2n) is 18.4. The molecule has 0 radical (unpaired) electrons. The van der Waals surface area contributed by atoms with Gasteiger partial charge in [0.2, 0.25) is 0 Å². The van der Waals surface area contributed by atoms with E-state index in [1.807, 2.05) is 0 Å². The summed E-state index contributed by atoms with van der Waals surface area (Å²) in [7, 11) is -3.04. The number of nitrogens with zero attached hydrogens (tertiary/aromatic N) is 3. The molecule has 328 valence electrons. The SMILES string of the molecule is c1ccc(-c2cccc(-n3c4cccc(-n5c6ccccc6c6ccccc65)c4c4cccc(-n5c6ccccc6c6cccc([Si](c7ccccc7)(c7ccccc7)c7ccccc7)c65)c43)c2)cc1. The van der Waals surface area contributed by atoms with Crippen LogP contribution in [0.2, 0.25) is 0 Å². The lowest BCUT2D eigenvalue weighted by Gasteiger charge is -2.35. The Hall–Kier alpha value is -8.96. The summed E-state index contributed by atoms with van der Waals surface area (Å²) in [5.74, 6) is 0. The van der Waals surface area contributed by atoms with Crippen LogP contribution in [0.3, 0.4) is 0 Å². The van der Waals surface area contributed by atoms with Gasteiger partial charge in [0.15, 0.2) is 8.07 Å². The van der Waals surface area contributed by atoms with Gasteiger partial charge < -0.3 is 13.7 Å². The van der Waals surface area contributed by atoms with Crippen LogP contribution in [0, 0.1) is 0 Å². The molecule has 14 rings (SSSR count). The predicted octanol–water partition coefficient (Wildman–Crippen LogP) is 14.0. The van der Waals surface area contributed by atoms with Gasteiger partial charge in [0.05, 0.1) is 44.5 Å². The standard InChI is InChI=1S/C66H45N3Si/c1-5-23-46(24-6-1)47-25-19-26-48(45-47)67-60-41-22-42-61(68-57-38-16-13-33-52(57)53-34-14-17-39-58(53)68)64(60)56-37-20-43-62(65(56)67)69-59-40-18-15-35-54(59)55-36-21-44-63(66(55)69)70(49-27-7-2-8-28-49,50-29-9-3-10-30-50)51-31-11-4-12-32-51/h1-45H. The third kappa shape index (κ3) is 5.87. The normalized spacial score (nSPS) is 12.0. The van der Waals surface area contributed by atoms with Gasteiger partial charge in [-0.3, -0.25) is 0 Å².